The predicted molar refractivity (Wildman–Crippen MR) is 54.4 cm³/mol. The smallest absolute Gasteiger partial charge is 0.303 e. The number of carboxylic acid groups (broad SMARTS) is 1. The summed E-state index contributed by atoms with van der Waals surface area (Å²) in [6.07, 6.45) is 1.74. The molecule has 0 aliphatic carbocycles. The minimum Gasteiger partial charge on any atom is -0.481 e. The summed E-state index contributed by atoms with van der Waals surface area (Å²) < 4.78 is 0. The van der Waals surface area contributed by atoms with Gasteiger partial charge in [-0.15, -0.1) is 0 Å². The number of fused-ring (bicyclic) bond motifs is 1. The van der Waals surface area contributed by atoms with Crippen molar-refractivity contribution in [3.63, 3.8) is 0 Å². The number of aryl methyl sites for hydroxylation is 1. The summed E-state index contributed by atoms with van der Waals surface area (Å²) >= 11 is 1.89. The van der Waals surface area contributed by atoms with E-state index in [0.29, 0.717) is 6.42 Å². The second-order valence-corrected chi connectivity index (χ2v) is 4.43. The van der Waals surface area contributed by atoms with E-state index in [4.69, 9.17) is 5.11 Å². The van der Waals surface area contributed by atoms with Crippen molar-refractivity contribution in [1.82, 2.24) is 10.2 Å². The van der Waals surface area contributed by atoms with Gasteiger partial charge in [0, 0.05) is 17.9 Å². The number of hydrogen-bond donors (Lipinski definition) is 2. The van der Waals surface area contributed by atoms with E-state index in [1.54, 1.807) is 0 Å². The van der Waals surface area contributed by atoms with Gasteiger partial charge < -0.3 is 5.11 Å². The molecule has 0 amide bonds. The van der Waals surface area contributed by atoms with Gasteiger partial charge in [-0.3, -0.25) is 9.89 Å². The lowest BCUT2D eigenvalue weighted by Gasteiger charge is -2.10. The summed E-state index contributed by atoms with van der Waals surface area (Å²) in [7, 11) is 0. The largest absolute Gasteiger partial charge is 0.481 e. The lowest BCUT2D eigenvalue weighted by atomic mass is 10.1. The number of aromatic amines is 1. The monoisotopic (exact) mass is 212 g/mol. The molecule has 1 aromatic heterocycles. The Kier molecular flexibility index (Phi) is 2.77. The number of aliphatic carboxylic acids is 1. The first-order chi connectivity index (χ1) is 6.77. The number of nitrogens with one attached hydrogen (secondary N) is 1. The second-order valence-electron chi connectivity index (χ2n) is 3.32. The maximum Gasteiger partial charge on any atom is 0.303 e. The van der Waals surface area contributed by atoms with Crippen LogP contribution in [-0.2, 0) is 23.4 Å². The Morgan fingerprint density at radius 3 is 3.29 bits per heavy atom. The average molecular weight is 212 g/mol. The molecule has 0 saturated carbocycles. The fraction of sp³-hybridized carbons (Fsp3) is 0.556. The molecule has 14 heavy (non-hydrogen) atoms. The van der Waals surface area contributed by atoms with Crippen molar-refractivity contribution < 1.29 is 9.90 Å². The second kappa shape index (κ2) is 4.04. The van der Waals surface area contributed by atoms with E-state index >= 15 is 0 Å². The van der Waals surface area contributed by atoms with Gasteiger partial charge in [0.05, 0.1) is 12.1 Å². The minimum atomic E-state index is -0.757. The third kappa shape index (κ3) is 1.92. The van der Waals surface area contributed by atoms with Crippen LogP contribution in [0.15, 0.2) is 0 Å². The van der Waals surface area contributed by atoms with Gasteiger partial charge in [0.2, 0.25) is 0 Å². The minimum absolute atomic E-state index is 0.171. The van der Waals surface area contributed by atoms with Crippen molar-refractivity contribution in [3.8, 4) is 0 Å². The van der Waals surface area contributed by atoms with Crippen molar-refractivity contribution in [2.24, 2.45) is 0 Å². The number of rotatable bonds is 3. The first kappa shape index (κ1) is 9.58. The number of aromatic nitrogens is 2. The van der Waals surface area contributed by atoms with Crippen LogP contribution in [0.1, 0.15) is 23.4 Å². The number of thioether (sulfide) groups is 1. The van der Waals surface area contributed by atoms with Crippen molar-refractivity contribution >= 4 is 17.7 Å². The molecule has 0 saturated heterocycles. The third-order valence-corrected chi connectivity index (χ3v) is 3.34. The molecule has 76 valence electrons. The number of carboxylic acids is 1. The Morgan fingerprint density at radius 2 is 2.50 bits per heavy atom. The summed E-state index contributed by atoms with van der Waals surface area (Å²) in [6.45, 7) is 0. The Bertz CT molecular complexity index is 349. The molecule has 2 N–H and O–H groups in total. The lowest BCUT2D eigenvalue weighted by Crippen LogP contribution is -2.04. The lowest BCUT2D eigenvalue weighted by molar-refractivity contribution is -0.136. The summed E-state index contributed by atoms with van der Waals surface area (Å²) in [6, 6.07) is 0. The summed E-state index contributed by atoms with van der Waals surface area (Å²) in [5, 5.41) is 15.7. The fourth-order valence-electron chi connectivity index (χ4n) is 1.64. The van der Waals surface area contributed by atoms with Crippen molar-refractivity contribution in [2.75, 3.05) is 5.75 Å². The molecule has 1 aliphatic rings. The molecule has 4 nitrogen and oxygen atoms in total. The predicted octanol–water partition coefficient (Wildman–Crippen LogP) is 1.22. The Hall–Kier alpha value is -0.970. The van der Waals surface area contributed by atoms with Crippen LogP contribution in [-0.4, -0.2) is 27.0 Å². The van der Waals surface area contributed by atoms with Crippen LogP contribution in [0, 0.1) is 0 Å². The molecular weight excluding hydrogens is 200 g/mol. The van der Waals surface area contributed by atoms with Gasteiger partial charge in [-0.05, 0) is 17.7 Å². The van der Waals surface area contributed by atoms with Crippen molar-refractivity contribution in [1.29, 1.82) is 0 Å². The standard InChI is InChI=1S/C9H12N2O2S/c12-9(13)2-1-7-6-3-4-14-5-8(6)11-10-7/h1-5H2,(H,10,11)(H,12,13). The average Bonchev–Trinajstić information content (AvgIpc) is 2.58. The van der Waals surface area contributed by atoms with Crippen LogP contribution in [0.3, 0.4) is 0 Å². The highest BCUT2D eigenvalue weighted by Gasteiger charge is 2.17. The van der Waals surface area contributed by atoms with Crippen molar-refractivity contribution in [2.45, 2.75) is 25.0 Å². The van der Waals surface area contributed by atoms with E-state index in [2.05, 4.69) is 10.2 Å². The Labute approximate surface area is 86.1 Å². The number of H-pyrrole nitrogens is 1. The van der Waals surface area contributed by atoms with Gasteiger partial charge in [0.1, 0.15) is 0 Å². The molecule has 0 bridgehead atoms. The van der Waals surface area contributed by atoms with E-state index in [-0.39, 0.29) is 6.42 Å². The summed E-state index contributed by atoms with van der Waals surface area (Å²) in [5.41, 5.74) is 3.38. The number of carbonyl (C=O) groups is 1. The van der Waals surface area contributed by atoms with E-state index in [1.165, 1.54) is 11.3 Å². The number of nitrogens with zero attached hydrogens (tertiary/aromatic N) is 1. The topological polar surface area (TPSA) is 66.0 Å². The zero-order valence-electron chi connectivity index (χ0n) is 7.75. The van der Waals surface area contributed by atoms with Gasteiger partial charge in [0.15, 0.2) is 0 Å². The maximum absolute atomic E-state index is 10.4. The van der Waals surface area contributed by atoms with Gasteiger partial charge in [-0.1, -0.05) is 0 Å². The quantitative estimate of drug-likeness (QED) is 0.790. The van der Waals surface area contributed by atoms with Gasteiger partial charge >= 0.3 is 5.97 Å². The number of hydrogen-bond acceptors (Lipinski definition) is 3. The normalized spacial score (nSPS) is 15.1. The molecule has 0 unspecified atom stereocenters. The van der Waals surface area contributed by atoms with E-state index in [1.807, 2.05) is 11.8 Å². The fourth-order valence-corrected chi connectivity index (χ4v) is 2.57. The molecule has 1 aliphatic heterocycles. The van der Waals surface area contributed by atoms with E-state index in [0.717, 1.165) is 23.6 Å². The Morgan fingerprint density at radius 1 is 1.64 bits per heavy atom. The van der Waals surface area contributed by atoms with Crippen LogP contribution < -0.4 is 0 Å². The van der Waals surface area contributed by atoms with Gasteiger partial charge in [-0.25, -0.2) is 0 Å². The first-order valence-corrected chi connectivity index (χ1v) is 5.77. The molecule has 5 heteroatoms. The molecule has 2 heterocycles. The first-order valence-electron chi connectivity index (χ1n) is 4.62. The summed E-state index contributed by atoms with van der Waals surface area (Å²) in [5.74, 6) is 1.34. The molecule has 0 atom stereocenters. The van der Waals surface area contributed by atoms with Gasteiger partial charge in [0.25, 0.3) is 0 Å². The molecule has 0 spiro atoms. The highest BCUT2D eigenvalue weighted by Crippen LogP contribution is 2.25. The van der Waals surface area contributed by atoms with Crippen LogP contribution in [0.2, 0.25) is 0 Å². The molecule has 0 aromatic carbocycles. The van der Waals surface area contributed by atoms with Crippen LogP contribution in [0.25, 0.3) is 0 Å². The van der Waals surface area contributed by atoms with Gasteiger partial charge in [-0.2, -0.15) is 16.9 Å². The maximum atomic E-state index is 10.4. The molecular formula is C9H12N2O2S. The molecule has 0 fully saturated rings. The van der Waals surface area contributed by atoms with Crippen LogP contribution >= 0.6 is 11.8 Å². The van der Waals surface area contributed by atoms with Crippen LogP contribution in [0.5, 0.6) is 0 Å². The zero-order valence-corrected chi connectivity index (χ0v) is 8.56. The van der Waals surface area contributed by atoms with Crippen molar-refractivity contribution in [3.05, 3.63) is 17.0 Å². The third-order valence-electron chi connectivity index (χ3n) is 2.36. The SMILES string of the molecule is O=C(O)CCc1n[nH]c2c1CCSC2. The summed E-state index contributed by atoms with van der Waals surface area (Å²) in [4.78, 5) is 10.4. The van der Waals surface area contributed by atoms with Crippen LogP contribution in [0.4, 0.5) is 0 Å². The molecule has 1 aromatic rings. The van der Waals surface area contributed by atoms with E-state index in [9.17, 15) is 4.79 Å². The van der Waals surface area contributed by atoms with E-state index < -0.39 is 5.97 Å². The molecule has 2 rings (SSSR count). The zero-order chi connectivity index (χ0) is 9.97. The Balaban J connectivity index is 2.10. The molecule has 0 radical (unpaired) electrons. The highest BCUT2D eigenvalue weighted by atomic mass is 32.2. The highest BCUT2D eigenvalue weighted by molar-refractivity contribution is 7.98.